The SMILES string of the molecule is CSc1ccccc1-c1nc(N2CCC(C)C(N)C2)n[nH]1. The number of hydrogen-bond donors (Lipinski definition) is 2. The monoisotopic (exact) mass is 303 g/mol. The van der Waals surface area contributed by atoms with E-state index in [2.05, 4.69) is 45.4 Å². The molecule has 0 spiro atoms. The van der Waals surface area contributed by atoms with Crippen LogP contribution in [0.15, 0.2) is 29.2 Å². The Balaban J connectivity index is 1.83. The number of rotatable bonds is 3. The van der Waals surface area contributed by atoms with Gasteiger partial charge in [0.1, 0.15) is 0 Å². The normalized spacial score (nSPS) is 22.5. The summed E-state index contributed by atoms with van der Waals surface area (Å²) in [7, 11) is 0. The topological polar surface area (TPSA) is 70.8 Å². The number of benzene rings is 1. The number of nitrogens with zero attached hydrogens (tertiary/aromatic N) is 3. The molecular weight excluding hydrogens is 282 g/mol. The highest BCUT2D eigenvalue weighted by Gasteiger charge is 2.25. The highest BCUT2D eigenvalue weighted by atomic mass is 32.2. The number of piperidine rings is 1. The summed E-state index contributed by atoms with van der Waals surface area (Å²) in [4.78, 5) is 8.03. The molecule has 6 heteroatoms. The number of hydrogen-bond acceptors (Lipinski definition) is 5. The van der Waals surface area contributed by atoms with Crippen molar-refractivity contribution in [2.75, 3.05) is 24.2 Å². The first kappa shape index (κ1) is 14.4. The van der Waals surface area contributed by atoms with Crippen molar-refractivity contribution in [3.8, 4) is 11.4 Å². The molecule has 112 valence electrons. The quantitative estimate of drug-likeness (QED) is 0.852. The van der Waals surface area contributed by atoms with Gasteiger partial charge in [-0.25, -0.2) is 0 Å². The first-order valence-electron chi connectivity index (χ1n) is 7.25. The van der Waals surface area contributed by atoms with Crippen molar-refractivity contribution < 1.29 is 0 Å². The molecule has 1 saturated heterocycles. The lowest BCUT2D eigenvalue weighted by Gasteiger charge is -2.34. The van der Waals surface area contributed by atoms with Crippen molar-refractivity contribution in [3.63, 3.8) is 0 Å². The smallest absolute Gasteiger partial charge is 0.245 e. The van der Waals surface area contributed by atoms with Crippen LogP contribution in [0.3, 0.4) is 0 Å². The number of H-pyrrole nitrogens is 1. The molecule has 0 saturated carbocycles. The fourth-order valence-corrected chi connectivity index (χ4v) is 3.24. The Hall–Kier alpha value is -1.53. The zero-order valence-electron chi connectivity index (χ0n) is 12.4. The van der Waals surface area contributed by atoms with Gasteiger partial charge in [0, 0.05) is 29.6 Å². The van der Waals surface area contributed by atoms with Crippen LogP contribution in [-0.2, 0) is 0 Å². The maximum Gasteiger partial charge on any atom is 0.245 e. The molecule has 0 amide bonds. The predicted molar refractivity (Wildman–Crippen MR) is 87.6 cm³/mol. The van der Waals surface area contributed by atoms with Gasteiger partial charge in [0.15, 0.2) is 5.82 Å². The molecule has 3 N–H and O–H groups in total. The van der Waals surface area contributed by atoms with Crippen molar-refractivity contribution in [3.05, 3.63) is 24.3 Å². The van der Waals surface area contributed by atoms with Crippen LogP contribution >= 0.6 is 11.8 Å². The molecule has 0 bridgehead atoms. The molecule has 3 rings (SSSR count). The second-order valence-electron chi connectivity index (χ2n) is 5.56. The van der Waals surface area contributed by atoms with Crippen LogP contribution < -0.4 is 10.6 Å². The minimum Gasteiger partial charge on any atom is -0.338 e. The predicted octanol–water partition coefficient (Wildman–Crippen LogP) is 2.37. The Morgan fingerprint density at radius 2 is 2.19 bits per heavy atom. The fourth-order valence-electron chi connectivity index (χ4n) is 2.64. The van der Waals surface area contributed by atoms with Crippen LogP contribution in [0.5, 0.6) is 0 Å². The molecule has 2 heterocycles. The van der Waals surface area contributed by atoms with Crippen molar-refractivity contribution in [1.29, 1.82) is 0 Å². The fraction of sp³-hybridized carbons (Fsp3) is 0.467. The van der Waals surface area contributed by atoms with Gasteiger partial charge in [-0.2, -0.15) is 4.98 Å². The van der Waals surface area contributed by atoms with Gasteiger partial charge in [-0.3, -0.25) is 5.10 Å². The Morgan fingerprint density at radius 1 is 1.38 bits per heavy atom. The Morgan fingerprint density at radius 3 is 2.95 bits per heavy atom. The minimum absolute atomic E-state index is 0.194. The molecule has 21 heavy (non-hydrogen) atoms. The van der Waals surface area contributed by atoms with Gasteiger partial charge in [-0.15, -0.1) is 16.9 Å². The standard InChI is InChI=1S/C15H21N5S/c1-10-7-8-20(9-12(10)16)15-17-14(18-19-15)11-5-3-4-6-13(11)21-2/h3-6,10,12H,7-9,16H2,1-2H3,(H,17,18,19). The lowest BCUT2D eigenvalue weighted by molar-refractivity contribution is 0.376. The average molecular weight is 303 g/mol. The third-order valence-electron chi connectivity index (χ3n) is 4.14. The molecule has 2 atom stereocenters. The van der Waals surface area contributed by atoms with Crippen LogP contribution in [0.2, 0.25) is 0 Å². The molecule has 0 radical (unpaired) electrons. The summed E-state index contributed by atoms with van der Waals surface area (Å²) in [6, 6.07) is 8.42. The van der Waals surface area contributed by atoms with Crippen LogP contribution in [-0.4, -0.2) is 40.6 Å². The number of thioether (sulfide) groups is 1. The second-order valence-corrected chi connectivity index (χ2v) is 6.41. The summed E-state index contributed by atoms with van der Waals surface area (Å²) >= 11 is 1.71. The molecule has 0 aliphatic carbocycles. The summed E-state index contributed by atoms with van der Waals surface area (Å²) < 4.78 is 0. The molecule has 1 aromatic carbocycles. The maximum atomic E-state index is 6.16. The van der Waals surface area contributed by atoms with Crippen molar-refractivity contribution >= 4 is 17.7 Å². The van der Waals surface area contributed by atoms with E-state index in [4.69, 9.17) is 5.73 Å². The lowest BCUT2D eigenvalue weighted by atomic mass is 9.95. The van der Waals surface area contributed by atoms with Gasteiger partial charge in [0.25, 0.3) is 0 Å². The highest BCUT2D eigenvalue weighted by molar-refractivity contribution is 7.98. The van der Waals surface area contributed by atoms with Gasteiger partial charge in [0.2, 0.25) is 5.95 Å². The van der Waals surface area contributed by atoms with Gasteiger partial charge < -0.3 is 10.6 Å². The number of aromatic nitrogens is 3. The third-order valence-corrected chi connectivity index (χ3v) is 4.93. The van der Waals surface area contributed by atoms with Crippen molar-refractivity contribution in [2.45, 2.75) is 24.3 Å². The van der Waals surface area contributed by atoms with E-state index >= 15 is 0 Å². The molecular formula is C15H21N5S. The maximum absolute atomic E-state index is 6.16. The molecule has 1 aromatic heterocycles. The van der Waals surface area contributed by atoms with E-state index in [-0.39, 0.29) is 6.04 Å². The minimum atomic E-state index is 0.194. The second kappa shape index (κ2) is 6.07. The van der Waals surface area contributed by atoms with E-state index in [9.17, 15) is 0 Å². The highest BCUT2D eigenvalue weighted by Crippen LogP contribution is 2.29. The van der Waals surface area contributed by atoms with Gasteiger partial charge in [-0.05, 0) is 24.7 Å². The van der Waals surface area contributed by atoms with E-state index in [0.29, 0.717) is 5.92 Å². The lowest BCUT2D eigenvalue weighted by Crippen LogP contribution is -2.48. The molecule has 2 aromatic rings. The van der Waals surface area contributed by atoms with Crippen LogP contribution in [0.25, 0.3) is 11.4 Å². The summed E-state index contributed by atoms with van der Waals surface area (Å²) in [5, 5.41) is 7.44. The van der Waals surface area contributed by atoms with Gasteiger partial charge >= 0.3 is 0 Å². The molecule has 2 unspecified atom stereocenters. The van der Waals surface area contributed by atoms with Crippen molar-refractivity contribution in [2.24, 2.45) is 11.7 Å². The first-order chi connectivity index (χ1) is 10.2. The van der Waals surface area contributed by atoms with Crippen LogP contribution in [0.4, 0.5) is 5.95 Å². The van der Waals surface area contributed by atoms with Crippen LogP contribution in [0.1, 0.15) is 13.3 Å². The Labute approximate surface area is 129 Å². The van der Waals surface area contributed by atoms with E-state index in [0.717, 1.165) is 36.8 Å². The first-order valence-corrected chi connectivity index (χ1v) is 8.48. The summed E-state index contributed by atoms with van der Waals surface area (Å²) in [5.41, 5.74) is 7.25. The largest absolute Gasteiger partial charge is 0.338 e. The molecule has 1 aliphatic heterocycles. The van der Waals surface area contributed by atoms with Gasteiger partial charge in [0.05, 0.1) is 0 Å². The Kier molecular flexibility index (Phi) is 4.17. The Bertz CT molecular complexity index is 612. The van der Waals surface area contributed by atoms with Gasteiger partial charge in [-0.1, -0.05) is 25.1 Å². The van der Waals surface area contributed by atoms with E-state index in [1.54, 1.807) is 11.8 Å². The summed E-state index contributed by atoms with van der Waals surface area (Å²) in [6.07, 6.45) is 3.16. The molecule has 1 fully saturated rings. The van der Waals surface area contributed by atoms with E-state index in [1.807, 2.05) is 12.1 Å². The number of anilines is 1. The van der Waals surface area contributed by atoms with E-state index in [1.165, 1.54) is 4.90 Å². The number of nitrogens with one attached hydrogen (secondary N) is 1. The molecule has 1 aliphatic rings. The van der Waals surface area contributed by atoms with E-state index < -0.39 is 0 Å². The number of nitrogens with two attached hydrogens (primary N) is 1. The zero-order valence-corrected chi connectivity index (χ0v) is 13.2. The van der Waals surface area contributed by atoms with Crippen molar-refractivity contribution in [1.82, 2.24) is 15.2 Å². The average Bonchev–Trinajstić information content (AvgIpc) is 2.99. The summed E-state index contributed by atoms with van der Waals surface area (Å²) in [5.74, 6) is 2.14. The summed E-state index contributed by atoms with van der Waals surface area (Å²) in [6.45, 7) is 4.00. The molecule has 5 nitrogen and oxygen atoms in total. The van der Waals surface area contributed by atoms with Crippen LogP contribution in [0, 0.1) is 5.92 Å². The third kappa shape index (κ3) is 2.91. The zero-order chi connectivity index (χ0) is 14.8. The number of aromatic amines is 1.